The quantitative estimate of drug-likeness (QED) is 0.426. The maximum Gasteiger partial charge on any atom is 0.326 e. The Bertz CT molecular complexity index is 1280. The van der Waals surface area contributed by atoms with Gasteiger partial charge in [0.25, 0.3) is 5.56 Å². The molecule has 0 amide bonds. The predicted molar refractivity (Wildman–Crippen MR) is 142 cm³/mol. The van der Waals surface area contributed by atoms with E-state index in [1.54, 1.807) is 32.4 Å². The third-order valence-electron chi connectivity index (χ3n) is 6.83. The second-order valence-corrected chi connectivity index (χ2v) is 10.3. The highest BCUT2D eigenvalue weighted by atomic mass is 16.5. The number of hydrogen-bond acceptors (Lipinski definition) is 7. The van der Waals surface area contributed by atoms with Gasteiger partial charge >= 0.3 is 5.97 Å². The first-order valence-corrected chi connectivity index (χ1v) is 13.0. The summed E-state index contributed by atoms with van der Waals surface area (Å²) in [7, 11) is 1.76. The van der Waals surface area contributed by atoms with Crippen molar-refractivity contribution in [2.75, 3.05) is 13.2 Å². The van der Waals surface area contributed by atoms with Crippen molar-refractivity contribution in [3.8, 4) is 11.4 Å². The first-order valence-electron chi connectivity index (χ1n) is 13.0. The van der Waals surface area contributed by atoms with Crippen LogP contribution in [0.5, 0.6) is 0 Å². The van der Waals surface area contributed by atoms with Gasteiger partial charge in [-0.2, -0.15) is 0 Å². The van der Waals surface area contributed by atoms with Crippen LogP contribution in [0.1, 0.15) is 44.7 Å². The molecule has 0 spiro atoms. The lowest BCUT2D eigenvalue weighted by atomic mass is 10.00. The number of ether oxygens (including phenoxy) is 2. The van der Waals surface area contributed by atoms with E-state index in [9.17, 15) is 14.7 Å². The van der Waals surface area contributed by atoms with Crippen LogP contribution in [0.2, 0.25) is 0 Å². The number of aliphatic hydroxyl groups excluding tert-OH is 1. The fraction of sp³-hybridized carbons (Fsp3) is 0.536. The summed E-state index contributed by atoms with van der Waals surface area (Å²) in [5.74, 6) is 0.838. The topological polar surface area (TPSA) is 108 Å². The van der Waals surface area contributed by atoms with Crippen molar-refractivity contribution in [3.05, 3.63) is 51.9 Å². The van der Waals surface area contributed by atoms with Crippen LogP contribution < -0.4 is 10.9 Å². The minimum Gasteiger partial charge on any atom is -0.462 e. The molecular weight excluding hydrogens is 472 g/mol. The molecule has 2 N–H and O–H groups in total. The van der Waals surface area contributed by atoms with Gasteiger partial charge in [-0.25, -0.2) is 4.98 Å². The number of carbonyl (C=O) groups excluding carboxylic acids is 1. The highest BCUT2D eigenvalue weighted by Crippen LogP contribution is 2.29. The third-order valence-corrected chi connectivity index (χ3v) is 6.83. The Balaban J connectivity index is 1.67. The number of esters is 1. The van der Waals surface area contributed by atoms with Gasteiger partial charge in [-0.15, -0.1) is 0 Å². The molecule has 3 aromatic rings. The van der Waals surface area contributed by atoms with E-state index in [-0.39, 0.29) is 11.7 Å². The number of aryl methyl sites for hydroxylation is 2. The number of carbonyl (C=O) groups is 1. The summed E-state index contributed by atoms with van der Waals surface area (Å²) in [6.45, 7) is 9.69. The Morgan fingerprint density at radius 2 is 1.97 bits per heavy atom. The SMILES string of the molecule is Cc1cc(-c2nc3cc(CNC(C(=O)OC(C)C)[C@@H](C)O)ccc3n2CC2CCOCC2)cn(C)c1=O. The van der Waals surface area contributed by atoms with Crippen molar-refractivity contribution >= 4 is 17.0 Å². The molecular formula is C28H38N4O5. The molecule has 0 saturated carbocycles. The van der Waals surface area contributed by atoms with Crippen LogP contribution in [0, 0.1) is 12.8 Å². The van der Waals surface area contributed by atoms with Crippen LogP contribution >= 0.6 is 0 Å². The van der Waals surface area contributed by atoms with Gasteiger partial charge in [0.1, 0.15) is 11.9 Å². The van der Waals surface area contributed by atoms with E-state index in [1.807, 2.05) is 31.3 Å². The number of fused-ring (bicyclic) bond motifs is 1. The standard InChI is InChI=1S/C28H38N4O5/c1-17(2)37-28(35)25(19(4)33)29-14-21-6-7-24-23(13-21)30-26(22-12-18(3)27(34)31(5)16-22)32(24)15-20-8-10-36-11-9-20/h6-7,12-13,16-17,19-20,25,29,33H,8-11,14-15H2,1-5H3/t19-,25?/m1/s1. The Hall–Kier alpha value is -3.01. The summed E-state index contributed by atoms with van der Waals surface area (Å²) >= 11 is 0. The van der Waals surface area contributed by atoms with Gasteiger partial charge in [0.2, 0.25) is 0 Å². The van der Waals surface area contributed by atoms with Crippen molar-refractivity contribution in [1.29, 1.82) is 0 Å². The molecule has 9 heteroatoms. The smallest absolute Gasteiger partial charge is 0.326 e. The minimum atomic E-state index is -0.895. The molecule has 0 aliphatic carbocycles. The van der Waals surface area contributed by atoms with E-state index in [0.717, 1.165) is 60.6 Å². The van der Waals surface area contributed by atoms with E-state index < -0.39 is 18.1 Å². The summed E-state index contributed by atoms with van der Waals surface area (Å²) in [4.78, 5) is 29.7. The molecule has 2 atom stereocenters. The number of nitrogens with one attached hydrogen (secondary N) is 1. The molecule has 1 unspecified atom stereocenters. The van der Waals surface area contributed by atoms with E-state index >= 15 is 0 Å². The first kappa shape index (κ1) is 27.0. The largest absolute Gasteiger partial charge is 0.462 e. The monoisotopic (exact) mass is 510 g/mol. The Labute approximate surface area is 217 Å². The lowest BCUT2D eigenvalue weighted by Crippen LogP contribution is -2.46. The number of nitrogens with zero attached hydrogens (tertiary/aromatic N) is 3. The Kier molecular flexibility index (Phi) is 8.46. The predicted octanol–water partition coefficient (Wildman–Crippen LogP) is 2.93. The lowest BCUT2D eigenvalue weighted by molar-refractivity contribution is -0.152. The summed E-state index contributed by atoms with van der Waals surface area (Å²) in [5, 5.41) is 13.3. The first-order chi connectivity index (χ1) is 17.6. The van der Waals surface area contributed by atoms with Crippen molar-refractivity contribution in [2.24, 2.45) is 13.0 Å². The molecule has 0 radical (unpaired) electrons. The average Bonchev–Trinajstić information content (AvgIpc) is 3.19. The molecule has 1 aliphatic heterocycles. The van der Waals surface area contributed by atoms with Crippen LogP contribution in [-0.4, -0.2) is 56.7 Å². The van der Waals surface area contributed by atoms with E-state index in [1.165, 1.54) is 0 Å². The second-order valence-electron chi connectivity index (χ2n) is 10.3. The molecule has 3 heterocycles. The van der Waals surface area contributed by atoms with Crippen LogP contribution in [-0.2, 0) is 34.4 Å². The zero-order chi connectivity index (χ0) is 26.7. The molecule has 1 aliphatic rings. The molecule has 1 aromatic carbocycles. The summed E-state index contributed by atoms with van der Waals surface area (Å²) in [5.41, 5.74) is 4.34. The summed E-state index contributed by atoms with van der Waals surface area (Å²) in [6.07, 6.45) is 2.69. The second kappa shape index (κ2) is 11.6. The fourth-order valence-electron chi connectivity index (χ4n) is 4.86. The molecule has 1 saturated heterocycles. The number of aromatic nitrogens is 3. The molecule has 200 valence electrons. The van der Waals surface area contributed by atoms with Gasteiger partial charge in [0, 0.05) is 50.7 Å². The molecule has 9 nitrogen and oxygen atoms in total. The molecule has 37 heavy (non-hydrogen) atoms. The van der Waals surface area contributed by atoms with Crippen LogP contribution in [0.4, 0.5) is 0 Å². The summed E-state index contributed by atoms with van der Waals surface area (Å²) < 4.78 is 14.7. The van der Waals surface area contributed by atoms with Gasteiger partial charge in [0.15, 0.2) is 0 Å². The number of rotatable bonds is 9. The van der Waals surface area contributed by atoms with Crippen molar-refractivity contribution < 1.29 is 19.4 Å². The normalized spacial score (nSPS) is 16.3. The highest BCUT2D eigenvalue weighted by Gasteiger charge is 2.26. The van der Waals surface area contributed by atoms with Gasteiger partial charge < -0.3 is 23.7 Å². The number of aliphatic hydroxyl groups is 1. The third kappa shape index (κ3) is 6.29. The van der Waals surface area contributed by atoms with Gasteiger partial charge in [-0.3, -0.25) is 14.9 Å². The van der Waals surface area contributed by atoms with E-state index in [4.69, 9.17) is 14.5 Å². The number of benzene rings is 1. The summed E-state index contributed by atoms with van der Waals surface area (Å²) in [6, 6.07) is 7.16. The number of hydrogen-bond donors (Lipinski definition) is 2. The molecule has 4 rings (SSSR count). The van der Waals surface area contributed by atoms with Gasteiger partial charge in [0.05, 0.1) is 23.2 Å². The number of imidazole rings is 1. The van der Waals surface area contributed by atoms with E-state index in [0.29, 0.717) is 18.0 Å². The Morgan fingerprint density at radius 1 is 1.24 bits per heavy atom. The van der Waals surface area contributed by atoms with Crippen molar-refractivity contribution in [2.45, 2.75) is 71.9 Å². The van der Waals surface area contributed by atoms with E-state index in [2.05, 4.69) is 16.0 Å². The van der Waals surface area contributed by atoms with Crippen LogP contribution in [0.15, 0.2) is 35.3 Å². The van der Waals surface area contributed by atoms with Crippen LogP contribution in [0.25, 0.3) is 22.4 Å². The maximum atomic E-state index is 12.4. The maximum absolute atomic E-state index is 12.4. The van der Waals surface area contributed by atoms with Gasteiger partial charge in [-0.1, -0.05) is 6.07 Å². The fourth-order valence-corrected chi connectivity index (χ4v) is 4.86. The van der Waals surface area contributed by atoms with Crippen LogP contribution in [0.3, 0.4) is 0 Å². The molecule has 2 aromatic heterocycles. The van der Waals surface area contributed by atoms with Gasteiger partial charge in [-0.05, 0) is 70.2 Å². The highest BCUT2D eigenvalue weighted by molar-refractivity contribution is 5.81. The lowest BCUT2D eigenvalue weighted by Gasteiger charge is -2.23. The zero-order valence-electron chi connectivity index (χ0n) is 22.4. The molecule has 0 bridgehead atoms. The molecule has 1 fully saturated rings. The zero-order valence-corrected chi connectivity index (χ0v) is 22.4. The minimum absolute atomic E-state index is 0.0205. The average molecular weight is 511 g/mol. The number of pyridine rings is 1. The Morgan fingerprint density at radius 3 is 2.62 bits per heavy atom. The van der Waals surface area contributed by atoms with Crippen molar-refractivity contribution in [1.82, 2.24) is 19.4 Å². The van der Waals surface area contributed by atoms with Crippen molar-refractivity contribution in [3.63, 3.8) is 0 Å².